The largest absolute Gasteiger partial charge is 0.461 e. The van der Waals surface area contributed by atoms with E-state index in [9.17, 15) is 9.59 Å². The third-order valence-electron chi connectivity index (χ3n) is 4.28. The number of nitrogens with one attached hydrogen (secondary N) is 1. The molecule has 6 nitrogen and oxygen atoms in total. The van der Waals surface area contributed by atoms with E-state index >= 15 is 0 Å². The molecular weight excluding hydrogens is 342 g/mol. The maximum atomic E-state index is 12.7. The van der Waals surface area contributed by atoms with E-state index in [-0.39, 0.29) is 25.0 Å². The summed E-state index contributed by atoms with van der Waals surface area (Å²) in [5.41, 5.74) is 8.23. The number of carbonyl (C=O) groups is 2. The minimum atomic E-state index is -0.471. The summed E-state index contributed by atoms with van der Waals surface area (Å²) in [6, 6.07) is 14.9. The first kappa shape index (κ1) is 18.5. The summed E-state index contributed by atoms with van der Waals surface area (Å²) in [6.45, 7) is 1.76. The Bertz CT molecular complexity index is 954. The van der Waals surface area contributed by atoms with Gasteiger partial charge in [0, 0.05) is 36.9 Å². The monoisotopic (exact) mass is 363 g/mol. The van der Waals surface area contributed by atoms with Crippen LogP contribution in [0.3, 0.4) is 0 Å². The first-order valence-corrected chi connectivity index (χ1v) is 8.63. The van der Waals surface area contributed by atoms with E-state index in [2.05, 4.69) is 10.3 Å². The highest BCUT2D eigenvalue weighted by atomic mass is 16.5. The van der Waals surface area contributed by atoms with E-state index in [1.54, 1.807) is 12.4 Å². The second kappa shape index (κ2) is 8.42. The molecule has 0 spiro atoms. The Kier molecular flexibility index (Phi) is 5.78. The molecule has 0 fully saturated rings. The number of nitrogens with two attached hydrogens (primary N) is 1. The summed E-state index contributed by atoms with van der Waals surface area (Å²) >= 11 is 0. The number of amides is 1. The van der Waals surface area contributed by atoms with Crippen molar-refractivity contribution < 1.29 is 14.3 Å². The lowest BCUT2D eigenvalue weighted by molar-refractivity contribution is -0.142. The zero-order valence-corrected chi connectivity index (χ0v) is 15.0. The number of anilines is 1. The van der Waals surface area contributed by atoms with Gasteiger partial charge in [0.25, 0.3) is 0 Å². The average Bonchev–Trinajstić information content (AvgIpc) is 2.68. The molecule has 27 heavy (non-hydrogen) atoms. The first-order valence-electron chi connectivity index (χ1n) is 8.63. The third kappa shape index (κ3) is 4.68. The van der Waals surface area contributed by atoms with Gasteiger partial charge in [0.1, 0.15) is 6.61 Å². The highest BCUT2D eigenvalue weighted by Crippen LogP contribution is 2.21. The fraction of sp³-hybridized carbons (Fsp3) is 0.190. The smallest absolute Gasteiger partial charge is 0.302 e. The van der Waals surface area contributed by atoms with Crippen molar-refractivity contribution in [3.05, 3.63) is 72.1 Å². The van der Waals surface area contributed by atoms with Gasteiger partial charge in [0.2, 0.25) is 5.91 Å². The van der Waals surface area contributed by atoms with Gasteiger partial charge >= 0.3 is 5.97 Å². The Labute approximate surface area is 157 Å². The Hall–Kier alpha value is -3.25. The molecule has 3 rings (SSSR count). The van der Waals surface area contributed by atoms with E-state index in [1.165, 1.54) is 6.92 Å². The van der Waals surface area contributed by atoms with Crippen molar-refractivity contribution in [2.45, 2.75) is 19.4 Å². The maximum absolute atomic E-state index is 12.7. The van der Waals surface area contributed by atoms with Crippen molar-refractivity contribution in [2.75, 3.05) is 11.9 Å². The minimum absolute atomic E-state index is 0.168. The minimum Gasteiger partial charge on any atom is -0.461 e. The quantitative estimate of drug-likeness (QED) is 0.657. The van der Waals surface area contributed by atoms with Crippen LogP contribution in [-0.4, -0.2) is 23.4 Å². The van der Waals surface area contributed by atoms with Crippen LogP contribution in [0.15, 0.2) is 60.9 Å². The van der Waals surface area contributed by atoms with Crippen LogP contribution in [0, 0.1) is 0 Å². The number of benzene rings is 2. The molecular formula is C21H21N3O3. The number of hydrogen-bond donors (Lipinski definition) is 2. The second-order valence-electron chi connectivity index (χ2n) is 6.24. The summed E-state index contributed by atoms with van der Waals surface area (Å²) in [5.74, 6) is -0.969. The third-order valence-corrected chi connectivity index (χ3v) is 4.28. The van der Waals surface area contributed by atoms with Gasteiger partial charge in [-0.2, -0.15) is 0 Å². The lowest BCUT2D eigenvalue weighted by Crippen LogP contribution is -2.27. The van der Waals surface area contributed by atoms with E-state index in [0.29, 0.717) is 5.69 Å². The molecule has 0 saturated carbocycles. The van der Waals surface area contributed by atoms with Crippen molar-refractivity contribution in [2.24, 2.45) is 5.73 Å². The van der Waals surface area contributed by atoms with Crippen LogP contribution in [0.25, 0.3) is 10.8 Å². The second-order valence-corrected chi connectivity index (χ2v) is 6.24. The summed E-state index contributed by atoms with van der Waals surface area (Å²) in [7, 11) is 0. The molecule has 1 aromatic heterocycles. The van der Waals surface area contributed by atoms with Gasteiger partial charge < -0.3 is 15.8 Å². The van der Waals surface area contributed by atoms with Crippen LogP contribution in [0.1, 0.15) is 24.0 Å². The van der Waals surface area contributed by atoms with E-state index in [1.807, 2.05) is 48.5 Å². The summed E-state index contributed by atoms with van der Waals surface area (Å²) in [6.07, 6.45) is 3.50. The molecule has 1 atom stereocenters. The lowest BCUT2D eigenvalue weighted by atomic mass is 9.97. The van der Waals surface area contributed by atoms with E-state index < -0.39 is 5.92 Å². The van der Waals surface area contributed by atoms with Crippen molar-refractivity contribution in [1.82, 2.24) is 4.98 Å². The number of carbonyl (C=O) groups excluding carboxylic acids is 2. The fourth-order valence-electron chi connectivity index (χ4n) is 2.82. The molecule has 0 unspecified atom stereocenters. The Balaban J connectivity index is 1.72. The van der Waals surface area contributed by atoms with Crippen LogP contribution in [-0.2, 0) is 20.9 Å². The van der Waals surface area contributed by atoms with Gasteiger partial charge in [-0.15, -0.1) is 0 Å². The number of aromatic nitrogens is 1. The van der Waals surface area contributed by atoms with Crippen LogP contribution < -0.4 is 11.1 Å². The molecule has 1 heterocycles. The number of hydrogen-bond acceptors (Lipinski definition) is 5. The molecule has 3 aromatic rings. The Morgan fingerprint density at radius 3 is 2.59 bits per heavy atom. The fourth-order valence-corrected chi connectivity index (χ4v) is 2.82. The Morgan fingerprint density at radius 2 is 1.89 bits per heavy atom. The zero-order chi connectivity index (χ0) is 19.2. The molecule has 0 aliphatic heterocycles. The van der Waals surface area contributed by atoms with Crippen molar-refractivity contribution >= 4 is 28.3 Å². The summed E-state index contributed by atoms with van der Waals surface area (Å²) in [5, 5.41) is 4.94. The number of pyridine rings is 1. The maximum Gasteiger partial charge on any atom is 0.302 e. The standard InChI is InChI=1S/C21H21N3O3/c1-14(25)27-13-15-2-4-16(5-3-15)20(11-22)21(26)24-19-7-6-18-12-23-9-8-17(18)10-19/h2-10,12,20H,11,13,22H2,1H3,(H,24,26)/t20-/m0/s1. The Morgan fingerprint density at radius 1 is 1.11 bits per heavy atom. The number of nitrogens with zero attached hydrogens (tertiary/aromatic N) is 1. The lowest BCUT2D eigenvalue weighted by Gasteiger charge is -2.16. The molecule has 138 valence electrons. The molecule has 0 saturated heterocycles. The summed E-state index contributed by atoms with van der Waals surface area (Å²) in [4.78, 5) is 27.7. The highest BCUT2D eigenvalue weighted by Gasteiger charge is 2.19. The molecule has 2 aromatic carbocycles. The number of fused-ring (bicyclic) bond motifs is 1. The normalized spacial score (nSPS) is 11.8. The molecule has 0 aliphatic carbocycles. The van der Waals surface area contributed by atoms with Crippen LogP contribution in [0.5, 0.6) is 0 Å². The SMILES string of the molecule is CC(=O)OCc1ccc([C@H](CN)C(=O)Nc2ccc3cnccc3c2)cc1. The molecule has 0 bridgehead atoms. The van der Waals surface area contributed by atoms with Gasteiger partial charge in [0.05, 0.1) is 5.92 Å². The number of ether oxygens (including phenoxy) is 1. The number of rotatable bonds is 6. The molecule has 1 amide bonds. The van der Waals surface area contributed by atoms with Crippen molar-refractivity contribution in [3.63, 3.8) is 0 Å². The average molecular weight is 363 g/mol. The van der Waals surface area contributed by atoms with E-state index in [4.69, 9.17) is 10.5 Å². The first-order chi connectivity index (χ1) is 13.1. The highest BCUT2D eigenvalue weighted by molar-refractivity contribution is 5.98. The van der Waals surface area contributed by atoms with Gasteiger partial charge in [-0.05, 0) is 34.7 Å². The predicted octanol–water partition coefficient (Wildman–Crippen LogP) is 2.98. The predicted molar refractivity (Wildman–Crippen MR) is 104 cm³/mol. The molecule has 0 radical (unpaired) electrons. The molecule has 3 N–H and O–H groups in total. The van der Waals surface area contributed by atoms with Crippen molar-refractivity contribution in [1.29, 1.82) is 0 Å². The number of esters is 1. The van der Waals surface area contributed by atoms with Gasteiger partial charge in [0.15, 0.2) is 0 Å². The summed E-state index contributed by atoms with van der Waals surface area (Å²) < 4.78 is 4.97. The van der Waals surface area contributed by atoms with Crippen LogP contribution in [0.2, 0.25) is 0 Å². The van der Waals surface area contributed by atoms with E-state index in [0.717, 1.165) is 21.9 Å². The van der Waals surface area contributed by atoms with Crippen LogP contribution >= 0.6 is 0 Å². The van der Waals surface area contributed by atoms with Gasteiger partial charge in [-0.25, -0.2) is 0 Å². The van der Waals surface area contributed by atoms with Gasteiger partial charge in [-0.3, -0.25) is 14.6 Å². The topological polar surface area (TPSA) is 94.3 Å². The zero-order valence-electron chi connectivity index (χ0n) is 15.0. The molecule has 0 aliphatic rings. The van der Waals surface area contributed by atoms with Crippen molar-refractivity contribution in [3.8, 4) is 0 Å². The van der Waals surface area contributed by atoms with Gasteiger partial charge in [-0.1, -0.05) is 30.3 Å². The molecule has 6 heteroatoms. The van der Waals surface area contributed by atoms with Crippen LogP contribution in [0.4, 0.5) is 5.69 Å².